The topological polar surface area (TPSA) is 26.8 Å². The standard InChI is InChI=1S/C11H21N3O/c1-9(2)13-4-5-14-10(7-13)6-12(3)8-11(14)15/h9-10H,4-8H2,1-3H3. The van der Waals surface area contributed by atoms with E-state index in [1.807, 2.05) is 7.05 Å². The van der Waals surface area contributed by atoms with E-state index in [1.165, 1.54) is 0 Å². The molecular weight excluding hydrogens is 190 g/mol. The lowest BCUT2D eigenvalue weighted by atomic mass is 10.1. The van der Waals surface area contributed by atoms with Crippen LogP contribution in [0.5, 0.6) is 0 Å². The van der Waals surface area contributed by atoms with Crippen molar-refractivity contribution in [2.45, 2.75) is 25.9 Å². The second-order valence-corrected chi connectivity index (χ2v) is 5.03. The second-order valence-electron chi connectivity index (χ2n) is 5.03. The number of likely N-dealkylation sites (N-methyl/N-ethyl adjacent to an activating group) is 1. The fourth-order valence-corrected chi connectivity index (χ4v) is 2.58. The molecule has 2 aliphatic rings. The summed E-state index contributed by atoms with van der Waals surface area (Å²) in [6, 6.07) is 1.00. The summed E-state index contributed by atoms with van der Waals surface area (Å²) in [4.78, 5) is 18.4. The van der Waals surface area contributed by atoms with Crippen LogP contribution in [0.3, 0.4) is 0 Å². The molecule has 2 saturated heterocycles. The smallest absolute Gasteiger partial charge is 0.237 e. The van der Waals surface area contributed by atoms with Gasteiger partial charge < -0.3 is 4.90 Å². The molecule has 0 saturated carbocycles. The molecule has 4 heteroatoms. The van der Waals surface area contributed by atoms with Gasteiger partial charge >= 0.3 is 0 Å². The summed E-state index contributed by atoms with van der Waals surface area (Å²) < 4.78 is 0. The minimum atomic E-state index is 0.303. The van der Waals surface area contributed by atoms with Crippen molar-refractivity contribution in [3.8, 4) is 0 Å². The Morgan fingerprint density at radius 3 is 2.67 bits per heavy atom. The number of nitrogens with zero attached hydrogens (tertiary/aromatic N) is 3. The lowest BCUT2D eigenvalue weighted by molar-refractivity contribution is -0.143. The molecule has 4 nitrogen and oxygen atoms in total. The zero-order valence-electron chi connectivity index (χ0n) is 9.94. The molecule has 1 unspecified atom stereocenters. The average Bonchev–Trinajstić information content (AvgIpc) is 2.16. The first kappa shape index (κ1) is 10.9. The van der Waals surface area contributed by atoms with E-state index >= 15 is 0 Å². The van der Waals surface area contributed by atoms with Crippen LogP contribution in [-0.2, 0) is 4.79 Å². The summed E-state index contributed by atoms with van der Waals surface area (Å²) in [5.41, 5.74) is 0. The van der Waals surface area contributed by atoms with Gasteiger partial charge in [0.05, 0.1) is 12.6 Å². The second kappa shape index (κ2) is 4.10. The minimum absolute atomic E-state index is 0.303. The molecule has 0 N–H and O–H groups in total. The van der Waals surface area contributed by atoms with Gasteiger partial charge in [0.2, 0.25) is 5.91 Å². The molecule has 0 aliphatic carbocycles. The molecule has 0 spiro atoms. The molecule has 0 aromatic rings. The number of fused-ring (bicyclic) bond motifs is 1. The van der Waals surface area contributed by atoms with Crippen molar-refractivity contribution in [3.63, 3.8) is 0 Å². The Hall–Kier alpha value is -0.610. The normalized spacial score (nSPS) is 29.7. The predicted molar refractivity (Wildman–Crippen MR) is 59.7 cm³/mol. The summed E-state index contributed by atoms with van der Waals surface area (Å²) in [6.07, 6.45) is 0. The Morgan fingerprint density at radius 2 is 2.00 bits per heavy atom. The molecule has 1 amide bonds. The maximum Gasteiger partial charge on any atom is 0.237 e. The summed E-state index contributed by atoms with van der Waals surface area (Å²) in [5, 5.41) is 0. The number of hydrogen-bond acceptors (Lipinski definition) is 3. The van der Waals surface area contributed by atoms with Crippen LogP contribution in [0.1, 0.15) is 13.8 Å². The van der Waals surface area contributed by atoms with E-state index in [-0.39, 0.29) is 0 Å². The third-order valence-corrected chi connectivity index (χ3v) is 3.49. The summed E-state index contributed by atoms with van der Waals surface area (Å²) in [6.45, 7) is 9.05. The van der Waals surface area contributed by atoms with Gasteiger partial charge in [-0.15, -0.1) is 0 Å². The zero-order valence-corrected chi connectivity index (χ0v) is 9.94. The van der Waals surface area contributed by atoms with E-state index in [0.717, 1.165) is 26.2 Å². The first-order valence-corrected chi connectivity index (χ1v) is 5.80. The average molecular weight is 211 g/mol. The van der Waals surface area contributed by atoms with Crippen LogP contribution < -0.4 is 0 Å². The summed E-state index contributed by atoms with van der Waals surface area (Å²) in [5.74, 6) is 0.303. The lowest BCUT2D eigenvalue weighted by Gasteiger charge is -2.47. The zero-order chi connectivity index (χ0) is 11.0. The highest BCUT2D eigenvalue weighted by molar-refractivity contribution is 5.79. The van der Waals surface area contributed by atoms with E-state index in [1.54, 1.807) is 0 Å². The third kappa shape index (κ3) is 2.16. The highest BCUT2D eigenvalue weighted by Gasteiger charge is 2.35. The largest absolute Gasteiger partial charge is 0.335 e. The van der Waals surface area contributed by atoms with E-state index < -0.39 is 0 Å². The lowest BCUT2D eigenvalue weighted by Crippen LogP contribution is -2.64. The van der Waals surface area contributed by atoms with Gasteiger partial charge in [-0.1, -0.05) is 0 Å². The van der Waals surface area contributed by atoms with Gasteiger partial charge in [-0.3, -0.25) is 14.6 Å². The predicted octanol–water partition coefficient (Wildman–Crippen LogP) is -0.147. The van der Waals surface area contributed by atoms with Crippen molar-refractivity contribution in [2.75, 3.05) is 39.8 Å². The number of carbonyl (C=O) groups is 1. The molecule has 0 aromatic heterocycles. The van der Waals surface area contributed by atoms with E-state index in [0.29, 0.717) is 24.5 Å². The number of carbonyl (C=O) groups excluding carboxylic acids is 1. The number of rotatable bonds is 1. The van der Waals surface area contributed by atoms with Crippen LogP contribution in [0.2, 0.25) is 0 Å². The van der Waals surface area contributed by atoms with Crippen LogP contribution in [0.25, 0.3) is 0 Å². The molecule has 1 atom stereocenters. The molecule has 0 bridgehead atoms. The van der Waals surface area contributed by atoms with Crippen molar-refractivity contribution in [1.29, 1.82) is 0 Å². The van der Waals surface area contributed by atoms with Gasteiger partial charge in [-0.2, -0.15) is 0 Å². The maximum atomic E-state index is 11.8. The molecule has 0 aromatic carbocycles. The molecular formula is C11H21N3O. The molecule has 0 radical (unpaired) electrons. The van der Waals surface area contributed by atoms with Gasteiger partial charge in [-0.25, -0.2) is 0 Å². The molecule has 2 heterocycles. The number of piperazine rings is 2. The van der Waals surface area contributed by atoms with Crippen LogP contribution in [0.15, 0.2) is 0 Å². The number of amides is 1. The van der Waals surface area contributed by atoms with Crippen LogP contribution in [-0.4, -0.2) is 72.5 Å². The quantitative estimate of drug-likeness (QED) is 0.604. The van der Waals surface area contributed by atoms with Crippen molar-refractivity contribution in [2.24, 2.45) is 0 Å². The highest BCUT2D eigenvalue weighted by Crippen LogP contribution is 2.17. The van der Waals surface area contributed by atoms with Gasteiger partial charge in [-0.05, 0) is 20.9 Å². The van der Waals surface area contributed by atoms with E-state index in [2.05, 4.69) is 28.5 Å². The first-order chi connectivity index (χ1) is 7.08. The van der Waals surface area contributed by atoms with Crippen molar-refractivity contribution < 1.29 is 4.79 Å². The number of hydrogen-bond donors (Lipinski definition) is 0. The highest BCUT2D eigenvalue weighted by atomic mass is 16.2. The van der Waals surface area contributed by atoms with Gasteiger partial charge in [0.15, 0.2) is 0 Å². The Bertz CT molecular complexity index is 254. The molecule has 2 fully saturated rings. The minimum Gasteiger partial charge on any atom is -0.335 e. The Morgan fingerprint density at radius 1 is 1.27 bits per heavy atom. The molecule has 2 aliphatic heterocycles. The van der Waals surface area contributed by atoms with Crippen LogP contribution in [0, 0.1) is 0 Å². The Labute approximate surface area is 91.8 Å². The monoisotopic (exact) mass is 211 g/mol. The fourth-order valence-electron chi connectivity index (χ4n) is 2.58. The summed E-state index contributed by atoms with van der Waals surface area (Å²) in [7, 11) is 2.03. The van der Waals surface area contributed by atoms with Gasteiger partial charge in [0.1, 0.15) is 0 Å². The SMILES string of the molecule is CC(C)N1CCN2C(=O)CN(C)CC2C1. The first-order valence-electron chi connectivity index (χ1n) is 5.80. The van der Waals surface area contributed by atoms with Crippen LogP contribution in [0.4, 0.5) is 0 Å². The van der Waals surface area contributed by atoms with E-state index in [4.69, 9.17) is 0 Å². The van der Waals surface area contributed by atoms with Crippen molar-refractivity contribution in [3.05, 3.63) is 0 Å². The van der Waals surface area contributed by atoms with E-state index in [9.17, 15) is 4.79 Å². The summed E-state index contributed by atoms with van der Waals surface area (Å²) >= 11 is 0. The molecule has 2 rings (SSSR count). The Kier molecular flexibility index (Phi) is 2.98. The maximum absolute atomic E-state index is 11.8. The molecule has 86 valence electrons. The fraction of sp³-hybridized carbons (Fsp3) is 0.909. The third-order valence-electron chi connectivity index (χ3n) is 3.49. The Balaban J connectivity index is 2.02. The van der Waals surface area contributed by atoms with Crippen molar-refractivity contribution >= 4 is 5.91 Å². The molecule has 15 heavy (non-hydrogen) atoms. The van der Waals surface area contributed by atoms with Crippen LogP contribution >= 0.6 is 0 Å². The van der Waals surface area contributed by atoms with Gasteiger partial charge in [0.25, 0.3) is 0 Å². The van der Waals surface area contributed by atoms with Crippen molar-refractivity contribution in [1.82, 2.24) is 14.7 Å². The van der Waals surface area contributed by atoms with Gasteiger partial charge in [0, 0.05) is 32.2 Å².